The van der Waals surface area contributed by atoms with Crippen LogP contribution in [0.3, 0.4) is 0 Å². The van der Waals surface area contributed by atoms with E-state index in [4.69, 9.17) is 4.74 Å². The van der Waals surface area contributed by atoms with Crippen molar-refractivity contribution in [1.29, 1.82) is 0 Å². The molecule has 2 heterocycles. The predicted octanol–water partition coefficient (Wildman–Crippen LogP) is 0.966. The Morgan fingerprint density at radius 2 is 1.91 bits per heavy atom. The molecule has 0 unspecified atom stereocenters. The number of aliphatic hydroxyl groups is 1. The molecule has 2 atom stereocenters. The number of hydrogen-bond donors (Lipinski definition) is 1. The molecule has 0 spiro atoms. The summed E-state index contributed by atoms with van der Waals surface area (Å²) in [5, 5.41) is 9.61. The van der Waals surface area contributed by atoms with Gasteiger partial charge in [0.1, 0.15) is 0 Å². The molecule has 126 valence electrons. The second-order valence-corrected chi connectivity index (χ2v) is 7.58. The molecule has 22 heavy (non-hydrogen) atoms. The Labute approximate surface area is 133 Å². The van der Waals surface area contributed by atoms with E-state index in [1.54, 1.807) is 7.11 Å². The van der Waals surface area contributed by atoms with Gasteiger partial charge in [-0.1, -0.05) is 0 Å². The molecule has 0 aromatic rings. The lowest BCUT2D eigenvalue weighted by Crippen LogP contribution is -2.50. The second-order valence-electron chi connectivity index (χ2n) is 7.58. The number of aliphatic hydroxyl groups excluding tert-OH is 1. The van der Waals surface area contributed by atoms with Gasteiger partial charge in [0.15, 0.2) is 0 Å². The third-order valence-electron chi connectivity index (χ3n) is 5.61. The SMILES string of the molecule is COCC1(C(=O)N2C[C@H](CO)C[C@H](CN3CCCC3)C2)CC1. The summed E-state index contributed by atoms with van der Waals surface area (Å²) in [5.41, 5.74) is -0.246. The van der Waals surface area contributed by atoms with Crippen LogP contribution >= 0.6 is 0 Å². The minimum absolute atomic E-state index is 0.192. The van der Waals surface area contributed by atoms with Crippen LogP contribution in [0, 0.1) is 17.3 Å². The van der Waals surface area contributed by atoms with Crippen LogP contribution in [0.4, 0.5) is 0 Å². The lowest BCUT2D eigenvalue weighted by atomic mass is 9.88. The zero-order valence-corrected chi connectivity index (χ0v) is 13.8. The molecule has 1 amide bonds. The largest absolute Gasteiger partial charge is 0.396 e. The van der Waals surface area contributed by atoms with E-state index in [-0.39, 0.29) is 23.8 Å². The topological polar surface area (TPSA) is 53.0 Å². The summed E-state index contributed by atoms with van der Waals surface area (Å²) in [4.78, 5) is 17.4. The highest BCUT2D eigenvalue weighted by Crippen LogP contribution is 2.48. The van der Waals surface area contributed by atoms with Gasteiger partial charge in [-0.3, -0.25) is 4.79 Å². The molecular formula is C17H30N2O3. The second kappa shape index (κ2) is 6.85. The number of carbonyl (C=O) groups excluding carboxylic acids is 1. The Balaban J connectivity index is 1.61. The number of methoxy groups -OCH3 is 1. The summed E-state index contributed by atoms with van der Waals surface area (Å²) in [7, 11) is 1.68. The maximum atomic E-state index is 12.9. The first-order valence-corrected chi connectivity index (χ1v) is 8.78. The summed E-state index contributed by atoms with van der Waals surface area (Å²) in [5.74, 6) is 1.01. The molecule has 0 aromatic heterocycles. The normalized spacial score (nSPS) is 31.5. The molecule has 1 aliphatic carbocycles. The highest BCUT2D eigenvalue weighted by atomic mass is 16.5. The van der Waals surface area contributed by atoms with Crippen molar-refractivity contribution in [2.24, 2.45) is 17.3 Å². The fraction of sp³-hybridized carbons (Fsp3) is 0.941. The number of rotatable bonds is 6. The van der Waals surface area contributed by atoms with Crippen LogP contribution in [0.25, 0.3) is 0 Å². The van der Waals surface area contributed by atoms with Gasteiger partial charge in [-0.15, -0.1) is 0 Å². The molecule has 2 saturated heterocycles. The van der Waals surface area contributed by atoms with Crippen LogP contribution in [-0.4, -0.2) is 73.9 Å². The highest BCUT2D eigenvalue weighted by molar-refractivity contribution is 5.85. The molecule has 5 nitrogen and oxygen atoms in total. The highest BCUT2D eigenvalue weighted by Gasteiger charge is 2.52. The van der Waals surface area contributed by atoms with E-state index in [2.05, 4.69) is 4.90 Å². The van der Waals surface area contributed by atoms with Crippen LogP contribution in [0.15, 0.2) is 0 Å². The van der Waals surface area contributed by atoms with Crippen LogP contribution in [0.1, 0.15) is 32.1 Å². The molecule has 2 aliphatic heterocycles. The number of likely N-dealkylation sites (tertiary alicyclic amines) is 2. The summed E-state index contributed by atoms with van der Waals surface area (Å²) in [6.07, 6.45) is 5.56. The average Bonchev–Trinajstić information content (AvgIpc) is 3.13. The minimum Gasteiger partial charge on any atom is -0.396 e. The van der Waals surface area contributed by atoms with Crippen molar-refractivity contribution in [1.82, 2.24) is 9.80 Å². The van der Waals surface area contributed by atoms with Crippen molar-refractivity contribution >= 4 is 5.91 Å². The fourth-order valence-corrected chi connectivity index (χ4v) is 4.26. The Bertz CT molecular complexity index is 391. The monoisotopic (exact) mass is 310 g/mol. The van der Waals surface area contributed by atoms with Gasteiger partial charge < -0.3 is 19.6 Å². The third kappa shape index (κ3) is 3.47. The number of amides is 1. The van der Waals surface area contributed by atoms with Crippen molar-refractivity contribution in [3.8, 4) is 0 Å². The van der Waals surface area contributed by atoms with E-state index in [1.165, 1.54) is 25.9 Å². The molecule has 1 N–H and O–H groups in total. The standard InChI is InChI=1S/C17H30N2O3/c1-22-13-17(4-5-17)16(21)19-10-14(8-15(11-19)12-20)9-18-6-2-3-7-18/h14-15,20H,2-13H2,1H3/t14-,15-/m1/s1. The van der Waals surface area contributed by atoms with E-state index >= 15 is 0 Å². The summed E-state index contributed by atoms with van der Waals surface area (Å²) in [6, 6.07) is 0. The lowest BCUT2D eigenvalue weighted by Gasteiger charge is -2.40. The molecular weight excluding hydrogens is 280 g/mol. The van der Waals surface area contributed by atoms with E-state index in [1.807, 2.05) is 4.90 Å². The molecule has 5 heteroatoms. The molecule has 0 radical (unpaired) electrons. The molecule has 3 fully saturated rings. The van der Waals surface area contributed by atoms with Crippen LogP contribution in [0.2, 0.25) is 0 Å². The van der Waals surface area contributed by atoms with Crippen molar-refractivity contribution in [3.05, 3.63) is 0 Å². The van der Waals surface area contributed by atoms with Gasteiger partial charge in [-0.25, -0.2) is 0 Å². The molecule has 3 rings (SSSR count). The first-order chi connectivity index (χ1) is 10.7. The van der Waals surface area contributed by atoms with Gasteiger partial charge in [-0.2, -0.15) is 0 Å². The van der Waals surface area contributed by atoms with Gasteiger partial charge >= 0.3 is 0 Å². The Morgan fingerprint density at radius 1 is 1.23 bits per heavy atom. The minimum atomic E-state index is -0.246. The summed E-state index contributed by atoms with van der Waals surface area (Å²) >= 11 is 0. The van der Waals surface area contributed by atoms with Gasteiger partial charge in [0.05, 0.1) is 12.0 Å². The van der Waals surface area contributed by atoms with Crippen molar-refractivity contribution in [2.75, 3.05) is 53.0 Å². The number of nitrogens with zero attached hydrogens (tertiary/aromatic N) is 2. The smallest absolute Gasteiger partial charge is 0.231 e. The van der Waals surface area contributed by atoms with Crippen LogP contribution < -0.4 is 0 Å². The first kappa shape index (κ1) is 16.2. The number of hydrogen-bond acceptors (Lipinski definition) is 4. The van der Waals surface area contributed by atoms with Gasteiger partial charge in [-0.05, 0) is 57.0 Å². The Hall–Kier alpha value is -0.650. The zero-order valence-electron chi connectivity index (χ0n) is 13.8. The van der Waals surface area contributed by atoms with Crippen molar-refractivity contribution in [3.63, 3.8) is 0 Å². The van der Waals surface area contributed by atoms with Gasteiger partial charge in [0.25, 0.3) is 0 Å². The number of carbonyl (C=O) groups is 1. The average molecular weight is 310 g/mol. The zero-order chi connectivity index (χ0) is 15.6. The van der Waals surface area contributed by atoms with E-state index in [9.17, 15) is 9.90 Å². The number of ether oxygens (including phenoxy) is 1. The van der Waals surface area contributed by atoms with Crippen molar-refractivity contribution < 1.29 is 14.6 Å². The first-order valence-electron chi connectivity index (χ1n) is 8.78. The molecule has 1 saturated carbocycles. The molecule has 0 aromatic carbocycles. The maximum absolute atomic E-state index is 12.9. The third-order valence-corrected chi connectivity index (χ3v) is 5.61. The Kier molecular flexibility index (Phi) is 5.05. The fourth-order valence-electron chi connectivity index (χ4n) is 4.26. The van der Waals surface area contributed by atoms with Crippen LogP contribution in [0.5, 0.6) is 0 Å². The quantitative estimate of drug-likeness (QED) is 0.794. The Morgan fingerprint density at radius 3 is 2.50 bits per heavy atom. The van der Waals surface area contributed by atoms with Gasteiger partial charge in [0.2, 0.25) is 5.91 Å². The van der Waals surface area contributed by atoms with Crippen LogP contribution in [-0.2, 0) is 9.53 Å². The molecule has 3 aliphatic rings. The van der Waals surface area contributed by atoms with Gasteiger partial charge in [0, 0.05) is 33.4 Å². The maximum Gasteiger partial charge on any atom is 0.231 e. The summed E-state index contributed by atoms with van der Waals surface area (Å²) in [6.45, 7) is 5.79. The predicted molar refractivity (Wildman–Crippen MR) is 84.5 cm³/mol. The van der Waals surface area contributed by atoms with E-state index < -0.39 is 0 Å². The number of piperidine rings is 1. The molecule has 0 bridgehead atoms. The lowest BCUT2D eigenvalue weighted by molar-refractivity contribution is -0.142. The summed E-state index contributed by atoms with van der Waals surface area (Å²) < 4.78 is 5.26. The van der Waals surface area contributed by atoms with E-state index in [0.29, 0.717) is 12.5 Å². The van der Waals surface area contributed by atoms with Crippen molar-refractivity contribution in [2.45, 2.75) is 32.1 Å². The van der Waals surface area contributed by atoms with E-state index in [0.717, 1.165) is 38.9 Å².